The van der Waals surface area contributed by atoms with Crippen molar-refractivity contribution in [2.45, 2.75) is 69.5 Å². The molecule has 4 aliphatic rings. The molecular weight excluding hydrogens is 300 g/mol. The number of nitrogens with one attached hydrogen (secondary N) is 1. The average Bonchev–Trinajstić information content (AvgIpc) is 3.07. The molecule has 3 saturated heterocycles. The largest absolute Gasteiger partial charge is 0.381 e. The molecule has 4 fully saturated rings. The molecule has 4 nitrogen and oxygen atoms in total. The third-order valence-corrected chi connectivity index (χ3v) is 5.82. The third kappa shape index (κ3) is 3.77. The van der Waals surface area contributed by atoms with Gasteiger partial charge in [-0.15, -0.1) is 12.4 Å². The van der Waals surface area contributed by atoms with E-state index in [1.165, 1.54) is 38.5 Å². The molecule has 1 aliphatic carbocycles. The van der Waals surface area contributed by atoms with Crippen molar-refractivity contribution in [1.29, 1.82) is 0 Å². The molecule has 0 aromatic heterocycles. The zero-order chi connectivity index (χ0) is 14.2. The molecule has 0 spiro atoms. The van der Waals surface area contributed by atoms with Gasteiger partial charge in [-0.3, -0.25) is 4.79 Å². The van der Waals surface area contributed by atoms with E-state index >= 15 is 0 Å². The van der Waals surface area contributed by atoms with E-state index in [1.54, 1.807) is 0 Å². The van der Waals surface area contributed by atoms with Crippen molar-refractivity contribution in [2.75, 3.05) is 19.8 Å². The number of hydrogen-bond acceptors (Lipinski definition) is 3. The zero-order valence-electron chi connectivity index (χ0n) is 13.3. The summed E-state index contributed by atoms with van der Waals surface area (Å²) in [4.78, 5) is 15.0. The fraction of sp³-hybridized carbons (Fsp3) is 0.941. The first-order chi connectivity index (χ1) is 10.3. The summed E-state index contributed by atoms with van der Waals surface area (Å²) in [5.41, 5.74) is 0. The highest BCUT2D eigenvalue weighted by Crippen LogP contribution is 2.35. The Morgan fingerprint density at radius 2 is 1.77 bits per heavy atom. The Morgan fingerprint density at radius 3 is 2.36 bits per heavy atom. The second kappa shape index (κ2) is 7.06. The summed E-state index contributed by atoms with van der Waals surface area (Å²) in [5, 5.41) is 3.68. The fourth-order valence-electron chi connectivity index (χ4n) is 4.55. The van der Waals surface area contributed by atoms with E-state index in [0.29, 0.717) is 35.9 Å². The van der Waals surface area contributed by atoms with Crippen molar-refractivity contribution < 1.29 is 9.53 Å². The molecule has 1 amide bonds. The molecule has 1 saturated carbocycles. The molecule has 4 rings (SSSR count). The molecule has 2 bridgehead atoms. The van der Waals surface area contributed by atoms with Gasteiger partial charge in [-0.2, -0.15) is 0 Å². The second-order valence-corrected chi connectivity index (χ2v) is 7.69. The van der Waals surface area contributed by atoms with Gasteiger partial charge in [0.15, 0.2) is 0 Å². The minimum Gasteiger partial charge on any atom is -0.381 e. The van der Waals surface area contributed by atoms with Gasteiger partial charge < -0.3 is 15.0 Å². The predicted octanol–water partition coefficient (Wildman–Crippen LogP) is 2.36. The quantitative estimate of drug-likeness (QED) is 0.842. The van der Waals surface area contributed by atoms with Gasteiger partial charge in [0.25, 0.3) is 0 Å². The summed E-state index contributed by atoms with van der Waals surface area (Å²) in [5.74, 6) is 1.63. The lowest BCUT2D eigenvalue weighted by molar-refractivity contribution is -0.133. The van der Waals surface area contributed by atoms with Crippen LogP contribution in [0.25, 0.3) is 0 Å². The van der Waals surface area contributed by atoms with Gasteiger partial charge in [-0.05, 0) is 50.9 Å². The molecule has 5 heteroatoms. The van der Waals surface area contributed by atoms with Gasteiger partial charge in [0.1, 0.15) is 0 Å². The van der Waals surface area contributed by atoms with Crippen molar-refractivity contribution in [3.63, 3.8) is 0 Å². The van der Waals surface area contributed by atoms with E-state index in [1.807, 2.05) is 0 Å². The van der Waals surface area contributed by atoms with E-state index in [2.05, 4.69) is 10.2 Å². The Morgan fingerprint density at radius 1 is 1.05 bits per heavy atom. The number of amides is 1. The SMILES string of the molecule is Cl.O=C(CC1CC2CCC(C1)N2)N(CC1CCOC1)C1CC1. The van der Waals surface area contributed by atoms with Gasteiger partial charge in [-0.1, -0.05) is 0 Å². The number of piperidine rings is 1. The molecule has 3 aliphatic heterocycles. The van der Waals surface area contributed by atoms with Crippen LogP contribution in [0.4, 0.5) is 0 Å². The topological polar surface area (TPSA) is 41.6 Å². The normalized spacial score (nSPS) is 36.9. The van der Waals surface area contributed by atoms with Crippen LogP contribution >= 0.6 is 12.4 Å². The van der Waals surface area contributed by atoms with Gasteiger partial charge in [-0.25, -0.2) is 0 Å². The molecule has 22 heavy (non-hydrogen) atoms. The minimum atomic E-state index is 0. The van der Waals surface area contributed by atoms with Crippen molar-refractivity contribution in [2.24, 2.45) is 11.8 Å². The van der Waals surface area contributed by atoms with E-state index in [-0.39, 0.29) is 12.4 Å². The van der Waals surface area contributed by atoms with Crippen LogP contribution in [0.15, 0.2) is 0 Å². The maximum Gasteiger partial charge on any atom is 0.223 e. The maximum atomic E-state index is 12.8. The summed E-state index contributed by atoms with van der Waals surface area (Å²) in [7, 11) is 0. The highest BCUT2D eigenvalue weighted by molar-refractivity contribution is 5.85. The number of ether oxygens (including phenoxy) is 1. The number of fused-ring (bicyclic) bond motifs is 2. The monoisotopic (exact) mass is 328 g/mol. The lowest BCUT2D eigenvalue weighted by atomic mass is 9.89. The number of carbonyl (C=O) groups is 1. The maximum absolute atomic E-state index is 12.8. The van der Waals surface area contributed by atoms with Crippen LogP contribution in [0.5, 0.6) is 0 Å². The summed E-state index contributed by atoms with van der Waals surface area (Å²) in [6.45, 7) is 2.68. The summed E-state index contributed by atoms with van der Waals surface area (Å²) in [6.07, 6.45) is 9.43. The van der Waals surface area contributed by atoms with Crippen molar-refractivity contribution in [1.82, 2.24) is 10.2 Å². The van der Waals surface area contributed by atoms with Crippen LogP contribution in [-0.2, 0) is 9.53 Å². The summed E-state index contributed by atoms with van der Waals surface area (Å²) in [6, 6.07) is 1.94. The predicted molar refractivity (Wildman–Crippen MR) is 88.2 cm³/mol. The molecule has 3 heterocycles. The molecule has 3 atom stereocenters. The number of carbonyl (C=O) groups excluding carboxylic acids is 1. The third-order valence-electron chi connectivity index (χ3n) is 5.82. The van der Waals surface area contributed by atoms with Crippen LogP contribution in [0.2, 0.25) is 0 Å². The van der Waals surface area contributed by atoms with E-state index in [4.69, 9.17) is 4.74 Å². The Labute approximate surface area is 139 Å². The average molecular weight is 329 g/mol. The lowest BCUT2D eigenvalue weighted by Crippen LogP contribution is -2.42. The van der Waals surface area contributed by atoms with E-state index in [9.17, 15) is 4.79 Å². The standard InChI is InChI=1S/C17H28N2O2.ClH/c20-17(9-13-7-14-1-2-15(8-13)18-14)19(16-3-4-16)10-12-5-6-21-11-12;/h12-16,18H,1-11H2;1H. The lowest BCUT2D eigenvalue weighted by Gasteiger charge is -2.31. The molecule has 0 aromatic carbocycles. The van der Waals surface area contributed by atoms with Gasteiger partial charge >= 0.3 is 0 Å². The Hall–Kier alpha value is -0.320. The number of hydrogen-bond donors (Lipinski definition) is 1. The van der Waals surface area contributed by atoms with Gasteiger partial charge in [0.05, 0.1) is 6.61 Å². The molecule has 0 aromatic rings. The highest BCUT2D eigenvalue weighted by Gasteiger charge is 2.38. The number of rotatable bonds is 5. The van der Waals surface area contributed by atoms with Crippen LogP contribution in [0, 0.1) is 11.8 Å². The van der Waals surface area contributed by atoms with Gasteiger partial charge in [0.2, 0.25) is 5.91 Å². The van der Waals surface area contributed by atoms with Crippen LogP contribution < -0.4 is 5.32 Å². The van der Waals surface area contributed by atoms with Crippen LogP contribution in [-0.4, -0.2) is 48.7 Å². The second-order valence-electron chi connectivity index (χ2n) is 7.69. The molecule has 0 radical (unpaired) electrons. The summed E-state index contributed by atoms with van der Waals surface area (Å²) >= 11 is 0. The highest BCUT2D eigenvalue weighted by atomic mass is 35.5. The first-order valence-electron chi connectivity index (χ1n) is 8.91. The number of halogens is 1. The Kier molecular flexibility index (Phi) is 5.31. The van der Waals surface area contributed by atoms with E-state index < -0.39 is 0 Å². The zero-order valence-corrected chi connectivity index (χ0v) is 14.2. The molecule has 3 unspecified atom stereocenters. The van der Waals surface area contributed by atoms with Crippen LogP contribution in [0.1, 0.15) is 51.4 Å². The number of nitrogens with zero attached hydrogens (tertiary/aromatic N) is 1. The molecule has 126 valence electrons. The Bertz CT molecular complexity index is 384. The summed E-state index contributed by atoms with van der Waals surface area (Å²) < 4.78 is 5.48. The van der Waals surface area contributed by atoms with Crippen molar-refractivity contribution >= 4 is 18.3 Å². The smallest absolute Gasteiger partial charge is 0.223 e. The van der Waals surface area contributed by atoms with Crippen LogP contribution in [0.3, 0.4) is 0 Å². The molecule has 1 N–H and O–H groups in total. The Balaban J connectivity index is 0.00000144. The fourth-order valence-corrected chi connectivity index (χ4v) is 4.55. The van der Waals surface area contributed by atoms with Crippen molar-refractivity contribution in [3.05, 3.63) is 0 Å². The first kappa shape index (κ1) is 16.5. The first-order valence-corrected chi connectivity index (χ1v) is 8.91. The van der Waals surface area contributed by atoms with E-state index in [0.717, 1.165) is 32.6 Å². The minimum absolute atomic E-state index is 0. The van der Waals surface area contributed by atoms with Gasteiger partial charge in [0, 0.05) is 43.6 Å². The van der Waals surface area contributed by atoms with Crippen molar-refractivity contribution in [3.8, 4) is 0 Å². The molecular formula is C17H29ClN2O2.